The van der Waals surface area contributed by atoms with Crippen LogP contribution in [-0.2, 0) is 5.41 Å². The van der Waals surface area contributed by atoms with Gasteiger partial charge in [-0.25, -0.2) is 0 Å². The van der Waals surface area contributed by atoms with Crippen molar-refractivity contribution in [2.75, 3.05) is 4.90 Å². The number of rotatable bonds is 5. The fraction of sp³-hybridized carbons (Fsp3) is 0.0189. The van der Waals surface area contributed by atoms with Gasteiger partial charge >= 0.3 is 0 Å². The third kappa shape index (κ3) is 4.39. The zero-order valence-electron chi connectivity index (χ0n) is 29.7. The van der Waals surface area contributed by atoms with Crippen LogP contribution in [0.5, 0.6) is 0 Å². The molecule has 0 saturated carbocycles. The minimum atomic E-state index is -0.438. The number of anilines is 3. The highest BCUT2D eigenvalue weighted by Crippen LogP contribution is 2.56. The molecule has 1 aliphatic rings. The highest BCUT2D eigenvalue weighted by Gasteiger charge is 2.45. The Balaban J connectivity index is 1.14. The molecule has 10 aromatic carbocycles. The van der Waals surface area contributed by atoms with Gasteiger partial charge < -0.3 is 4.90 Å². The molecule has 252 valence electrons. The Morgan fingerprint density at radius 2 is 0.796 bits per heavy atom. The molecule has 1 heteroatoms. The Labute approximate surface area is 315 Å². The van der Waals surface area contributed by atoms with Crippen molar-refractivity contribution in [2.45, 2.75) is 5.41 Å². The Bertz CT molecular complexity index is 2980. The lowest BCUT2D eigenvalue weighted by Crippen LogP contribution is -2.28. The summed E-state index contributed by atoms with van der Waals surface area (Å²) < 4.78 is 0. The molecule has 0 aliphatic heterocycles. The number of hydrogen-bond donors (Lipinski definition) is 0. The molecular formula is C53H35N. The van der Waals surface area contributed by atoms with E-state index >= 15 is 0 Å². The maximum absolute atomic E-state index is 2.42. The summed E-state index contributed by atoms with van der Waals surface area (Å²) in [4.78, 5) is 2.42. The van der Waals surface area contributed by atoms with Crippen molar-refractivity contribution in [1.82, 2.24) is 0 Å². The predicted molar refractivity (Wildman–Crippen MR) is 228 cm³/mol. The van der Waals surface area contributed by atoms with Gasteiger partial charge in [-0.05, 0) is 101 Å². The van der Waals surface area contributed by atoms with Crippen LogP contribution in [0.1, 0.15) is 22.3 Å². The molecule has 0 amide bonds. The van der Waals surface area contributed by atoms with Gasteiger partial charge in [-0.3, -0.25) is 0 Å². The first kappa shape index (κ1) is 30.6. The van der Waals surface area contributed by atoms with Gasteiger partial charge in [-0.15, -0.1) is 0 Å². The summed E-state index contributed by atoms with van der Waals surface area (Å²) in [7, 11) is 0. The zero-order chi connectivity index (χ0) is 35.6. The first-order valence-corrected chi connectivity index (χ1v) is 18.8. The van der Waals surface area contributed by atoms with Crippen LogP contribution in [0.3, 0.4) is 0 Å². The van der Waals surface area contributed by atoms with Gasteiger partial charge in [0.1, 0.15) is 0 Å². The molecule has 0 heterocycles. The summed E-state index contributed by atoms with van der Waals surface area (Å²) in [6, 6.07) is 78.3. The number of nitrogens with zero attached hydrogens (tertiary/aromatic N) is 1. The summed E-state index contributed by atoms with van der Waals surface area (Å²) in [5.41, 5.74) is 10.7. The smallest absolute Gasteiger partial charge is 0.0713 e. The molecule has 0 aromatic heterocycles. The molecular weight excluding hydrogens is 651 g/mol. The van der Waals surface area contributed by atoms with E-state index in [0.717, 1.165) is 17.1 Å². The fourth-order valence-electron chi connectivity index (χ4n) is 9.43. The van der Waals surface area contributed by atoms with Crippen molar-refractivity contribution in [3.05, 3.63) is 235 Å². The minimum absolute atomic E-state index is 0.438. The van der Waals surface area contributed by atoms with Crippen molar-refractivity contribution in [1.29, 1.82) is 0 Å². The fourth-order valence-corrected chi connectivity index (χ4v) is 9.43. The Morgan fingerprint density at radius 3 is 1.50 bits per heavy atom. The molecule has 54 heavy (non-hydrogen) atoms. The quantitative estimate of drug-likeness (QED) is 0.163. The molecule has 0 bridgehead atoms. The van der Waals surface area contributed by atoms with Gasteiger partial charge in [0, 0.05) is 16.8 Å². The number of hydrogen-bond acceptors (Lipinski definition) is 1. The Kier molecular flexibility index (Phi) is 6.84. The van der Waals surface area contributed by atoms with E-state index in [4.69, 9.17) is 0 Å². The molecule has 0 saturated heterocycles. The number of para-hydroxylation sites is 1. The first-order valence-electron chi connectivity index (χ1n) is 18.8. The monoisotopic (exact) mass is 685 g/mol. The summed E-state index contributed by atoms with van der Waals surface area (Å²) in [5, 5.41) is 10.2. The van der Waals surface area contributed by atoms with Crippen LogP contribution in [0.2, 0.25) is 0 Å². The van der Waals surface area contributed by atoms with Crippen molar-refractivity contribution < 1.29 is 0 Å². The summed E-state index contributed by atoms with van der Waals surface area (Å²) >= 11 is 0. The van der Waals surface area contributed by atoms with Crippen molar-refractivity contribution in [3.8, 4) is 11.1 Å². The van der Waals surface area contributed by atoms with Gasteiger partial charge in [0.25, 0.3) is 0 Å². The molecule has 0 unspecified atom stereocenters. The highest BCUT2D eigenvalue weighted by molar-refractivity contribution is 6.28. The number of fused-ring (bicyclic) bond motifs is 10. The second-order valence-corrected chi connectivity index (χ2v) is 14.4. The van der Waals surface area contributed by atoms with Crippen LogP contribution in [0.15, 0.2) is 212 Å². The van der Waals surface area contributed by atoms with Crippen LogP contribution in [0, 0.1) is 0 Å². The Morgan fingerprint density at radius 1 is 0.296 bits per heavy atom. The second-order valence-electron chi connectivity index (χ2n) is 14.4. The van der Waals surface area contributed by atoms with Crippen LogP contribution in [-0.4, -0.2) is 0 Å². The third-order valence-electron chi connectivity index (χ3n) is 11.7. The van der Waals surface area contributed by atoms with E-state index in [1.165, 1.54) is 76.5 Å². The van der Waals surface area contributed by atoms with Crippen LogP contribution < -0.4 is 4.90 Å². The summed E-state index contributed by atoms with van der Waals surface area (Å²) in [6.45, 7) is 0. The van der Waals surface area contributed by atoms with E-state index in [0.29, 0.717) is 0 Å². The lowest BCUT2D eigenvalue weighted by molar-refractivity contribution is 0.768. The molecule has 1 aliphatic carbocycles. The van der Waals surface area contributed by atoms with Crippen LogP contribution >= 0.6 is 0 Å². The van der Waals surface area contributed by atoms with E-state index in [1.54, 1.807) is 0 Å². The molecule has 1 nitrogen and oxygen atoms in total. The second kappa shape index (κ2) is 12.0. The zero-order valence-corrected chi connectivity index (χ0v) is 29.7. The summed E-state index contributed by atoms with van der Waals surface area (Å²) in [5.74, 6) is 0. The van der Waals surface area contributed by atoms with Gasteiger partial charge in [-0.1, -0.05) is 182 Å². The highest BCUT2D eigenvalue weighted by atomic mass is 15.1. The van der Waals surface area contributed by atoms with Gasteiger partial charge in [-0.2, -0.15) is 0 Å². The first-order chi connectivity index (χ1) is 26.8. The molecule has 0 N–H and O–H groups in total. The molecule has 11 rings (SSSR count). The van der Waals surface area contributed by atoms with E-state index < -0.39 is 5.41 Å². The maximum atomic E-state index is 2.42. The number of benzene rings is 10. The van der Waals surface area contributed by atoms with Crippen LogP contribution in [0.4, 0.5) is 17.1 Å². The molecule has 0 fully saturated rings. The van der Waals surface area contributed by atoms with Crippen LogP contribution in [0.25, 0.3) is 54.2 Å². The van der Waals surface area contributed by atoms with Gasteiger partial charge in [0.15, 0.2) is 0 Å². The molecule has 0 atom stereocenters. The minimum Gasteiger partial charge on any atom is -0.310 e. The van der Waals surface area contributed by atoms with Crippen molar-refractivity contribution in [2.24, 2.45) is 0 Å². The molecule has 0 radical (unpaired) electrons. The third-order valence-corrected chi connectivity index (χ3v) is 11.7. The van der Waals surface area contributed by atoms with Crippen molar-refractivity contribution >= 4 is 60.2 Å². The topological polar surface area (TPSA) is 3.24 Å². The van der Waals surface area contributed by atoms with Crippen molar-refractivity contribution in [3.63, 3.8) is 0 Å². The average molecular weight is 686 g/mol. The Hall–Kier alpha value is -6.96. The van der Waals surface area contributed by atoms with Gasteiger partial charge in [0.05, 0.1) is 11.1 Å². The van der Waals surface area contributed by atoms with E-state index in [1.807, 2.05) is 0 Å². The standard InChI is InChI=1S/C53H35N/c1-3-15-39(16-4-1)53(48-23-11-9-20-44(48)45-21-10-12-24-49(45)53)40-31-33-42(34-32-40)54(41-17-5-2-6-18-41)50-25-13-22-47-46(50)35-30-38-29-28-37-27-26-36-14-7-8-19-43(36)51(37)52(38)47/h1-35H. The summed E-state index contributed by atoms with van der Waals surface area (Å²) in [6.07, 6.45) is 0. The van der Waals surface area contributed by atoms with E-state index in [-0.39, 0.29) is 0 Å². The lowest BCUT2D eigenvalue weighted by atomic mass is 9.68. The van der Waals surface area contributed by atoms with Gasteiger partial charge in [0.2, 0.25) is 0 Å². The largest absolute Gasteiger partial charge is 0.310 e. The average Bonchev–Trinajstić information content (AvgIpc) is 3.55. The van der Waals surface area contributed by atoms with E-state index in [9.17, 15) is 0 Å². The van der Waals surface area contributed by atoms with E-state index in [2.05, 4.69) is 217 Å². The molecule has 10 aromatic rings. The predicted octanol–water partition coefficient (Wildman–Crippen LogP) is 14.1. The normalized spacial score (nSPS) is 13.0. The lowest BCUT2D eigenvalue weighted by Gasteiger charge is -2.34. The SMILES string of the molecule is c1ccc(N(c2ccc(C3(c4ccccc4)c4ccccc4-c4ccccc43)cc2)c2cccc3c2ccc2ccc4ccc5ccccc5c4c23)cc1. The molecule has 0 spiro atoms. The maximum Gasteiger partial charge on any atom is 0.0713 e.